The largest absolute Gasteiger partial charge is 0.338 e. The van der Waals surface area contributed by atoms with Gasteiger partial charge in [0.05, 0.1) is 22.8 Å². The lowest BCUT2D eigenvalue weighted by atomic mass is 9.98. The van der Waals surface area contributed by atoms with E-state index in [0.717, 1.165) is 66.5 Å². The number of rotatable bonds is 3. The Bertz CT molecular complexity index is 1300. The minimum Gasteiger partial charge on any atom is -0.338 e. The molecule has 1 aromatic carbocycles. The summed E-state index contributed by atoms with van der Waals surface area (Å²) in [5, 5.41) is 7.34. The molecule has 1 amide bonds. The van der Waals surface area contributed by atoms with Crippen LogP contribution in [0, 0.1) is 0 Å². The van der Waals surface area contributed by atoms with Gasteiger partial charge in [0.15, 0.2) is 0 Å². The molecular weight excluding hydrogens is 418 g/mol. The van der Waals surface area contributed by atoms with E-state index in [-0.39, 0.29) is 5.91 Å². The van der Waals surface area contributed by atoms with Crippen LogP contribution < -0.4 is 0 Å². The van der Waals surface area contributed by atoms with Crippen molar-refractivity contribution < 1.29 is 4.79 Å². The summed E-state index contributed by atoms with van der Waals surface area (Å²) >= 11 is 1.73. The van der Waals surface area contributed by atoms with Gasteiger partial charge in [-0.2, -0.15) is 5.10 Å². The SMILES string of the molecule is O=C(c1c2c(nc3ccccc13)/C(=C/c1cccs1)CC2)N1CCC(n2cncn2)CC1. The second kappa shape index (κ2) is 7.98. The van der Waals surface area contributed by atoms with Gasteiger partial charge in [-0.3, -0.25) is 4.79 Å². The molecule has 2 aliphatic rings. The standard InChI is InChI=1S/C25H23N5OS/c31-25(29-11-9-18(10-12-29)30-16-26-15-27-30)23-20-5-1-2-6-22(20)28-24-17(7-8-21(23)24)14-19-4-3-13-32-19/h1-6,13-16,18H,7-12H2/b17-14+. The molecule has 1 saturated heterocycles. The van der Waals surface area contributed by atoms with Crippen molar-refractivity contribution in [1.82, 2.24) is 24.6 Å². The molecule has 32 heavy (non-hydrogen) atoms. The lowest BCUT2D eigenvalue weighted by Crippen LogP contribution is -2.39. The number of amides is 1. The highest BCUT2D eigenvalue weighted by molar-refractivity contribution is 7.10. The van der Waals surface area contributed by atoms with Crippen molar-refractivity contribution in [3.8, 4) is 0 Å². The fourth-order valence-corrected chi connectivity index (χ4v) is 5.65. The molecule has 0 spiro atoms. The summed E-state index contributed by atoms with van der Waals surface area (Å²) in [6.45, 7) is 1.46. The van der Waals surface area contributed by atoms with Gasteiger partial charge in [0.2, 0.25) is 0 Å². The predicted octanol–water partition coefficient (Wildman–Crippen LogP) is 4.85. The van der Waals surface area contributed by atoms with E-state index in [1.807, 2.05) is 33.8 Å². The van der Waals surface area contributed by atoms with Crippen LogP contribution >= 0.6 is 11.3 Å². The normalized spacial score (nSPS) is 17.9. The zero-order chi connectivity index (χ0) is 21.5. The van der Waals surface area contributed by atoms with Gasteiger partial charge in [0, 0.05) is 23.4 Å². The number of carbonyl (C=O) groups is 1. The molecule has 0 N–H and O–H groups in total. The Hall–Kier alpha value is -3.32. The molecule has 6 nitrogen and oxygen atoms in total. The summed E-state index contributed by atoms with van der Waals surface area (Å²) in [7, 11) is 0. The van der Waals surface area contributed by atoms with Gasteiger partial charge in [-0.25, -0.2) is 14.6 Å². The third kappa shape index (κ3) is 3.33. The first-order valence-corrected chi connectivity index (χ1v) is 12.0. The van der Waals surface area contributed by atoms with Crippen molar-refractivity contribution in [2.75, 3.05) is 13.1 Å². The number of aromatic nitrogens is 4. The molecule has 4 aromatic rings. The number of benzene rings is 1. The van der Waals surface area contributed by atoms with Crippen molar-refractivity contribution in [3.63, 3.8) is 0 Å². The Kier molecular flexibility index (Phi) is 4.83. The fourth-order valence-electron chi connectivity index (χ4n) is 4.97. The molecule has 1 aliphatic heterocycles. The minimum absolute atomic E-state index is 0.134. The van der Waals surface area contributed by atoms with Crippen molar-refractivity contribution >= 4 is 39.8 Å². The highest BCUT2D eigenvalue weighted by Crippen LogP contribution is 2.38. The van der Waals surface area contributed by atoms with Gasteiger partial charge in [0.25, 0.3) is 5.91 Å². The molecular formula is C25H23N5OS. The van der Waals surface area contributed by atoms with Crippen LogP contribution in [0.5, 0.6) is 0 Å². The summed E-state index contributed by atoms with van der Waals surface area (Å²) in [5.74, 6) is 0.134. The number of para-hydroxylation sites is 1. The van der Waals surface area contributed by atoms with Crippen LogP contribution in [-0.2, 0) is 6.42 Å². The van der Waals surface area contributed by atoms with E-state index in [1.54, 1.807) is 24.0 Å². The minimum atomic E-state index is 0.134. The van der Waals surface area contributed by atoms with Crippen LogP contribution in [0.2, 0.25) is 0 Å². The van der Waals surface area contributed by atoms with Gasteiger partial charge < -0.3 is 4.90 Å². The summed E-state index contributed by atoms with van der Waals surface area (Å²) in [5.41, 5.74) is 5.07. The van der Waals surface area contributed by atoms with Gasteiger partial charge in [-0.1, -0.05) is 24.3 Å². The van der Waals surface area contributed by atoms with Gasteiger partial charge >= 0.3 is 0 Å². The predicted molar refractivity (Wildman–Crippen MR) is 126 cm³/mol. The number of nitrogens with zero attached hydrogens (tertiary/aromatic N) is 5. The van der Waals surface area contributed by atoms with Crippen LogP contribution in [0.25, 0.3) is 22.6 Å². The number of thiophene rings is 1. The maximum atomic E-state index is 13.8. The quantitative estimate of drug-likeness (QED) is 0.456. The Morgan fingerprint density at radius 1 is 1.09 bits per heavy atom. The Morgan fingerprint density at radius 3 is 2.75 bits per heavy atom. The number of hydrogen-bond donors (Lipinski definition) is 0. The number of pyridine rings is 1. The maximum absolute atomic E-state index is 13.8. The molecule has 0 atom stereocenters. The van der Waals surface area contributed by atoms with Crippen LogP contribution in [-0.4, -0.2) is 43.6 Å². The average Bonchev–Trinajstić information content (AvgIpc) is 3.61. The Balaban J connectivity index is 1.37. The monoisotopic (exact) mass is 441 g/mol. The smallest absolute Gasteiger partial charge is 0.254 e. The maximum Gasteiger partial charge on any atom is 0.254 e. The van der Waals surface area contributed by atoms with E-state index >= 15 is 0 Å². The van der Waals surface area contributed by atoms with Crippen molar-refractivity contribution in [2.24, 2.45) is 0 Å². The second-order valence-corrected chi connectivity index (χ2v) is 9.39. The molecule has 0 bridgehead atoms. The molecule has 4 heterocycles. The average molecular weight is 442 g/mol. The number of fused-ring (bicyclic) bond motifs is 2. The second-order valence-electron chi connectivity index (χ2n) is 8.41. The molecule has 6 rings (SSSR count). The summed E-state index contributed by atoms with van der Waals surface area (Å²) in [6.07, 6.45) is 9.15. The number of likely N-dealkylation sites (tertiary alicyclic amines) is 1. The Labute approximate surface area is 190 Å². The van der Waals surface area contributed by atoms with Crippen LogP contribution in [0.15, 0.2) is 54.4 Å². The van der Waals surface area contributed by atoms with Gasteiger partial charge in [-0.05, 0) is 60.4 Å². The number of piperidine rings is 1. The van der Waals surface area contributed by atoms with Crippen molar-refractivity contribution in [3.05, 3.63) is 76.1 Å². The van der Waals surface area contributed by atoms with E-state index < -0.39 is 0 Å². The first-order valence-electron chi connectivity index (χ1n) is 11.1. The van der Waals surface area contributed by atoms with E-state index in [0.29, 0.717) is 6.04 Å². The molecule has 7 heteroatoms. The molecule has 0 unspecified atom stereocenters. The molecule has 3 aromatic heterocycles. The van der Waals surface area contributed by atoms with E-state index in [2.05, 4.69) is 33.7 Å². The number of carbonyl (C=O) groups excluding carboxylic acids is 1. The summed E-state index contributed by atoms with van der Waals surface area (Å²) < 4.78 is 1.92. The Morgan fingerprint density at radius 2 is 1.97 bits per heavy atom. The van der Waals surface area contributed by atoms with Crippen molar-refractivity contribution in [1.29, 1.82) is 0 Å². The first kappa shape index (κ1) is 19.4. The highest BCUT2D eigenvalue weighted by atomic mass is 32.1. The number of allylic oxidation sites excluding steroid dienone is 1. The summed E-state index contributed by atoms with van der Waals surface area (Å²) in [6, 6.07) is 12.6. The fraction of sp³-hybridized carbons (Fsp3) is 0.280. The van der Waals surface area contributed by atoms with E-state index in [4.69, 9.17) is 4.98 Å². The molecule has 0 saturated carbocycles. The molecule has 0 radical (unpaired) electrons. The van der Waals surface area contributed by atoms with Crippen LogP contribution in [0.1, 0.15) is 51.8 Å². The molecule has 160 valence electrons. The lowest BCUT2D eigenvalue weighted by Gasteiger charge is -2.32. The summed E-state index contributed by atoms with van der Waals surface area (Å²) in [4.78, 5) is 26.1. The van der Waals surface area contributed by atoms with E-state index in [9.17, 15) is 4.79 Å². The van der Waals surface area contributed by atoms with Gasteiger partial charge in [0.1, 0.15) is 12.7 Å². The molecule has 1 fully saturated rings. The van der Waals surface area contributed by atoms with E-state index in [1.165, 1.54) is 10.5 Å². The molecule has 1 aliphatic carbocycles. The highest BCUT2D eigenvalue weighted by Gasteiger charge is 2.31. The van der Waals surface area contributed by atoms with Crippen LogP contribution in [0.3, 0.4) is 0 Å². The third-order valence-electron chi connectivity index (χ3n) is 6.58. The third-order valence-corrected chi connectivity index (χ3v) is 7.40. The van der Waals surface area contributed by atoms with Crippen molar-refractivity contribution in [2.45, 2.75) is 31.7 Å². The topological polar surface area (TPSA) is 63.9 Å². The lowest BCUT2D eigenvalue weighted by molar-refractivity contribution is 0.0690. The zero-order valence-electron chi connectivity index (χ0n) is 17.6. The zero-order valence-corrected chi connectivity index (χ0v) is 18.5. The number of hydrogen-bond acceptors (Lipinski definition) is 5. The van der Waals surface area contributed by atoms with Crippen LogP contribution in [0.4, 0.5) is 0 Å². The van der Waals surface area contributed by atoms with Gasteiger partial charge in [-0.15, -0.1) is 11.3 Å². The first-order chi connectivity index (χ1) is 15.8.